The standard InChI is InChI=1S/C22H22N6OS/c1-28-12-17(10-26-28)16-6-15-7-18(24-11-19(15)25-9-16)8-21(29)20-13-30-22(27-20)14-2-4-23-5-3-14/h6-7,9-14,23H,2-5,8H2,1H3. The van der Waals surface area contributed by atoms with E-state index in [-0.39, 0.29) is 12.2 Å². The average molecular weight is 419 g/mol. The van der Waals surface area contributed by atoms with Crippen LogP contribution in [0.3, 0.4) is 0 Å². The SMILES string of the molecule is Cn1cc(-c2cnc3cnc(CC(=O)c4csc(C5CCNCC5)n4)cc3c2)cn1. The van der Waals surface area contributed by atoms with Gasteiger partial charge in [-0.2, -0.15) is 5.10 Å². The summed E-state index contributed by atoms with van der Waals surface area (Å²) < 4.78 is 1.77. The lowest BCUT2D eigenvalue weighted by molar-refractivity contribution is 0.0987. The number of aryl methyl sites for hydroxylation is 1. The molecular formula is C22H22N6OS. The minimum Gasteiger partial charge on any atom is -0.317 e. The van der Waals surface area contributed by atoms with Crippen molar-refractivity contribution in [3.05, 3.63) is 58.7 Å². The van der Waals surface area contributed by atoms with Gasteiger partial charge in [-0.25, -0.2) is 4.98 Å². The maximum absolute atomic E-state index is 12.8. The lowest BCUT2D eigenvalue weighted by Gasteiger charge is -2.20. The molecule has 0 unspecified atom stereocenters. The first kappa shape index (κ1) is 19.0. The fourth-order valence-corrected chi connectivity index (χ4v) is 4.82. The van der Waals surface area contributed by atoms with Gasteiger partial charge in [0.15, 0.2) is 5.78 Å². The third-order valence-corrected chi connectivity index (χ3v) is 6.51. The second-order valence-electron chi connectivity index (χ2n) is 7.69. The van der Waals surface area contributed by atoms with Gasteiger partial charge >= 0.3 is 0 Å². The Labute approximate surface area is 178 Å². The molecule has 0 bridgehead atoms. The van der Waals surface area contributed by atoms with E-state index in [1.807, 2.05) is 37.1 Å². The van der Waals surface area contributed by atoms with Gasteiger partial charge in [-0.1, -0.05) is 0 Å². The maximum atomic E-state index is 12.8. The first-order valence-corrected chi connectivity index (χ1v) is 11.0. The molecule has 0 spiro atoms. The molecule has 4 aromatic heterocycles. The van der Waals surface area contributed by atoms with Crippen LogP contribution in [0.25, 0.3) is 22.0 Å². The smallest absolute Gasteiger partial charge is 0.187 e. The van der Waals surface area contributed by atoms with Crippen LogP contribution in [0.5, 0.6) is 0 Å². The number of nitrogens with one attached hydrogen (secondary N) is 1. The summed E-state index contributed by atoms with van der Waals surface area (Å²) in [6.07, 6.45) is 9.73. The van der Waals surface area contributed by atoms with Crippen molar-refractivity contribution < 1.29 is 4.79 Å². The van der Waals surface area contributed by atoms with E-state index in [0.29, 0.717) is 11.6 Å². The quantitative estimate of drug-likeness (QED) is 0.500. The molecule has 30 heavy (non-hydrogen) atoms. The van der Waals surface area contributed by atoms with Crippen molar-refractivity contribution in [1.29, 1.82) is 0 Å². The van der Waals surface area contributed by atoms with E-state index in [1.54, 1.807) is 22.2 Å². The van der Waals surface area contributed by atoms with E-state index in [9.17, 15) is 4.79 Å². The second-order valence-corrected chi connectivity index (χ2v) is 8.58. The lowest BCUT2D eigenvalue weighted by Crippen LogP contribution is -2.26. The third-order valence-electron chi connectivity index (χ3n) is 5.50. The number of nitrogens with zero attached hydrogens (tertiary/aromatic N) is 5. The predicted octanol–water partition coefficient (Wildman–Crippen LogP) is 3.38. The van der Waals surface area contributed by atoms with Crippen LogP contribution >= 0.6 is 11.3 Å². The summed E-state index contributed by atoms with van der Waals surface area (Å²) in [7, 11) is 1.89. The van der Waals surface area contributed by atoms with Gasteiger partial charge in [0.2, 0.25) is 0 Å². The lowest BCUT2D eigenvalue weighted by atomic mass is 9.99. The molecule has 1 N–H and O–H groups in total. The highest BCUT2D eigenvalue weighted by Gasteiger charge is 2.20. The summed E-state index contributed by atoms with van der Waals surface area (Å²) >= 11 is 1.60. The second kappa shape index (κ2) is 8.04. The first-order valence-electron chi connectivity index (χ1n) is 10.1. The zero-order valence-electron chi connectivity index (χ0n) is 16.7. The van der Waals surface area contributed by atoms with Crippen molar-refractivity contribution >= 4 is 28.0 Å². The molecule has 0 saturated carbocycles. The van der Waals surface area contributed by atoms with Gasteiger partial charge in [0.1, 0.15) is 5.69 Å². The van der Waals surface area contributed by atoms with Crippen molar-refractivity contribution in [2.24, 2.45) is 7.05 Å². The minimum atomic E-state index is 0.00894. The van der Waals surface area contributed by atoms with Gasteiger partial charge in [0, 0.05) is 52.9 Å². The summed E-state index contributed by atoms with van der Waals surface area (Å²) in [5.41, 5.74) is 4.09. The molecule has 152 valence electrons. The van der Waals surface area contributed by atoms with Gasteiger partial charge in [-0.15, -0.1) is 11.3 Å². The van der Waals surface area contributed by atoms with E-state index < -0.39 is 0 Å². The number of Topliss-reactive ketones (excluding diaryl/α,β-unsaturated/α-hetero) is 1. The Morgan fingerprint density at radius 1 is 1.17 bits per heavy atom. The maximum Gasteiger partial charge on any atom is 0.187 e. The monoisotopic (exact) mass is 418 g/mol. The number of hydrogen-bond acceptors (Lipinski definition) is 7. The Hall–Kier alpha value is -2.97. The molecule has 0 aromatic carbocycles. The number of pyridine rings is 2. The number of ketones is 1. The molecule has 1 aliphatic heterocycles. The number of thiazole rings is 1. The van der Waals surface area contributed by atoms with Crippen LogP contribution < -0.4 is 5.32 Å². The molecule has 5 heterocycles. The van der Waals surface area contributed by atoms with Crippen LogP contribution in [0.15, 0.2) is 42.3 Å². The van der Waals surface area contributed by atoms with Crippen LogP contribution in [-0.4, -0.2) is 43.6 Å². The molecule has 0 amide bonds. The fourth-order valence-electron chi connectivity index (χ4n) is 3.83. The van der Waals surface area contributed by atoms with Gasteiger partial charge < -0.3 is 5.32 Å². The largest absolute Gasteiger partial charge is 0.317 e. The van der Waals surface area contributed by atoms with E-state index >= 15 is 0 Å². The van der Waals surface area contributed by atoms with Crippen molar-refractivity contribution in [3.63, 3.8) is 0 Å². The average Bonchev–Trinajstić information content (AvgIpc) is 3.43. The minimum absolute atomic E-state index is 0.00894. The normalized spacial score (nSPS) is 15.0. The molecule has 7 nitrogen and oxygen atoms in total. The molecule has 4 aromatic rings. The van der Waals surface area contributed by atoms with Crippen LogP contribution in [0.4, 0.5) is 0 Å². The molecule has 1 fully saturated rings. The van der Waals surface area contributed by atoms with Gasteiger partial charge in [0.25, 0.3) is 0 Å². The Morgan fingerprint density at radius 2 is 2.03 bits per heavy atom. The van der Waals surface area contributed by atoms with Crippen molar-refractivity contribution in [2.45, 2.75) is 25.2 Å². The summed E-state index contributed by atoms with van der Waals surface area (Å²) in [4.78, 5) is 26.4. The Kier molecular flexibility index (Phi) is 5.10. The van der Waals surface area contributed by atoms with Crippen molar-refractivity contribution in [1.82, 2.24) is 30.0 Å². The molecule has 0 radical (unpaired) electrons. The fraction of sp³-hybridized carbons (Fsp3) is 0.318. The number of fused-ring (bicyclic) bond motifs is 1. The van der Waals surface area contributed by atoms with Crippen LogP contribution in [0, 0.1) is 0 Å². The predicted molar refractivity (Wildman–Crippen MR) is 117 cm³/mol. The molecule has 5 rings (SSSR count). The molecule has 0 aliphatic carbocycles. The Morgan fingerprint density at radius 3 is 2.83 bits per heavy atom. The molecule has 8 heteroatoms. The molecular weight excluding hydrogens is 396 g/mol. The Bertz CT molecular complexity index is 1210. The molecule has 1 aliphatic rings. The highest BCUT2D eigenvalue weighted by Crippen LogP contribution is 2.28. The highest BCUT2D eigenvalue weighted by atomic mass is 32.1. The number of carbonyl (C=O) groups excluding carboxylic acids is 1. The highest BCUT2D eigenvalue weighted by molar-refractivity contribution is 7.09. The van der Waals surface area contributed by atoms with E-state index in [1.165, 1.54) is 0 Å². The number of rotatable bonds is 5. The summed E-state index contributed by atoms with van der Waals surface area (Å²) in [5, 5.41) is 11.5. The van der Waals surface area contributed by atoms with E-state index in [0.717, 1.165) is 58.7 Å². The summed E-state index contributed by atoms with van der Waals surface area (Å²) in [6.45, 7) is 2.03. The van der Waals surface area contributed by atoms with Gasteiger partial charge in [0.05, 0.1) is 29.3 Å². The number of carbonyl (C=O) groups is 1. The number of aromatic nitrogens is 5. The Balaban J connectivity index is 1.35. The first-order chi connectivity index (χ1) is 14.7. The third kappa shape index (κ3) is 3.88. The molecule has 1 saturated heterocycles. The summed E-state index contributed by atoms with van der Waals surface area (Å²) in [5.74, 6) is 0.475. The van der Waals surface area contributed by atoms with Crippen LogP contribution in [0.1, 0.15) is 39.9 Å². The van der Waals surface area contributed by atoms with Crippen LogP contribution in [-0.2, 0) is 13.5 Å². The topological polar surface area (TPSA) is 85.6 Å². The zero-order chi connectivity index (χ0) is 20.5. The van der Waals surface area contributed by atoms with E-state index in [2.05, 4.69) is 31.4 Å². The van der Waals surface area contributed by atoms with Gasteiger partial charge in [-0.3, -0.25) is 19.4 Å². The number of hydrogen-bond donors (Lipinski definition) is 1. The van der Waals surface area contributed by atoms with Gasteiger partial charge in [-0.05, 0) is 38.1 Å². The summed E-state index contributed by atoms with van der Waals surface area (Å²) in [6, 6.07) is 4.01. The van der Waals surface area contributed by atoms with Crippen molar-refractivity contribution in [3.8, 4) is 11.1 Å². The van der Waals surface area contributed by atoms with Crippen molar-refractivity contribution in [2.75, 3.05) is 13.1 Å². The van der Waals surface area contributed by atoms with E-state index in [4.69, 9.17) is 0 Å². The molecule has 0 atom stereocenters. The van der Waals surface area contributed by atoms with Crippen LogP contribution in [0.2, 0.25) is 0 Å². The number of piperidine rings is 1. The zero-order valence-corrected chi connectivity index (χ0v) is 17.5.